The van der Waals surface area contributed by atoms with Gasteiger partial charge in [-0.05, 0) is 61.3 Å². The van der Waals surface area contributed by atoms with E-state index in [1.54, 1.807) is 35.5 Å². The van der Waals surface area contributed by atoms with Crippen molar-refractivity contribution in [1.82, 2.24) is 29.7 Å². The standard InChI is InChI=1S/C33H35F3N6O2/c1-19-14-42(16-23-11-26(13-38-31(19)23)44-29-6-7-37-32-27(29)8-20(2)39-32)30(43)10-21-4-5-22(28(9-21)33(34,35)36)15-41-18-24-12-25(41)17-40(24)3/h4-9,11,13,19,24-25H,10,12,14-18H2,1-3H3,(H,37,39)/t19-,24+,25+/m1/s1. The molecule has 8 nitrogen and oxygen atoms in total. The Morgan fingerprint density at radius 3 is 2.68 bits per heavy atom. The summed E-state index contributed by atoms with van der Waals surface area (Å²) in [6.45, 7) is 6.65. The van der Waals surface area contributed by atoms with Gasteiger partial charge >= 0.3 is 6.18 Å². The number of nitrogens with one attached hydrogen (secondary N) is 1. The predicted molar refractivity (Wildman–Crippen MR) is 159 cm³/mol. The summed E-state index contributed by atoms with van der Waals surface area (Å²) in [5.74, 6) is 0.944. The molecular formula is C33H35F3N6O2. The lowest BCUT2D eigenvalue weighted by Gasteiger charge is -2.33. The second kappa shape index (κ2) is 10.9. The van der Waals surface area contributed by atoms with E-state index in [1.807, 2.05) is 26.0 Å². The molecule has 3 aromatic heterocycles. The molecule has 0 spiro atoms. The van der Waals surface area contributed by atoms with Crippen molar-refractivity contribution in [1.29, 1.82) is 0 Å². The SMILES string of the molecule is Cc1cc2c(Oc3cnc4c(c3)CN(C(=O)Cc3ccc(CN5C[C@@H]6C[C@H]5CN6C)c(C(F)(F)F)c3)C[C@H]4C)ccnc2[nH]1. The molecule has 3 aliphatic heterocycles. The highest BCUT2D eigenvalue weighted by Gasteiger charge is 2.42. The van der Waals surface area contributed by atoms with Crippen LogP contribution in [-0.4, -0.2) is 74.3 Å². The molecular weight excluding hydrogens is 569 g/mol. The van der Waals surface area contributed by atoms with E-state index in [0.717, 1.165) is 47.5 Å². The molecule has 6 heterocycles. The number of fused-ring (bicyclic) bond motifs is 4. The Kier molecular flexibility index (Phi) is 7.12. The van der Waals surface area contributed by atoms with Crippen LogP contribution in [0.3, 0.4) is 0 Å². The summed E-state index contributed by atoms with van der Waals surface area (Å²) in [5.41, 5.74) is 3.44. The minimum absolute atomic E-state index is 0.0281. The van der Waals surface area contributed by atoms with Crippen molar-refractivity contribution in [2.75, 3.05) is 26.7 Å². The lowest BCUT2D eigenvalue weighted by atomic mass is 9.95. The summed E-state index contributed by atoms with van der Waals surface area (Å²) in [6.07, 6.45) is -0.233. The van der Waals surface area contributed by atoms with Crippen molar-refractivity contribution in [2.45, 2.75) is 64.0 Å². The number of aromatic nitrogens is 3. The molecule has 1 amide bonds. The molecule has 1 aromatic carbocycles. The van der Waals surface area contributed by atoms with Gasteiger partial charge in [0, 0.05) is 62.6 Å². The lowest BCUT2D eigenvalue weighted by Crippen LogP contribution is -2.44. The third-order valence-electron chi connectivity index (χ3n) is 9.34. The number of aromatic amines is 1. The van der Waals surface area contributed by atoms with Crippen LogP contribution >= 0.6 is 0 Å². The van der Waals surface area contributed by atoms with E-state index in [1.165, 1.54) is 6.07 Å². The van der Waals surface area contributed by atoms with Gasteiger partial charge in [0.05, 0.1) is 29.3 Å². The first kappa shape index (κ1) is 28.8. The number of pyridine rings is 2. The van der Waals surface area contributed by atoms with E-state index in [2.05, 4.69) is 31.8 Å². The fraction of sp³-hybridized carbons (Fsp3) is 0.424. The van der Waals surface area contributed by atoms with Crippen LogP contribution < -0.4 is 4.74 Å². The number of carbonyl (C=O) groups excluding carboxylic acids is 1. The summed E-state index contributed by atoms with van der Waals surface area (Å²) in [5, 5.41) is 0.859. The Morgan fingerprint density at radius 2 is 1.93 bits per heavy atom. The molecule has 0 saturated carbocycles. The summed E-state index contributed by atoms with van der Waals surface area (Å²) in [7, 11) is 2.07. The number of alkyl halides is 3. The highest BCUT2D eigenvalue weighted by atomic mass is 19.4. The fourth-order valence-electron chi connectivity index (χ4n) is 7.13. The highest BCUT2D eigenvalue weighted by Crippen LogP contribution is 2.37. The maximum Gasteiger partial charge on any atom is 0.416 e. The zero-order valence-electron chi connectivity index (χ0n) is 25.0. The molecule has 2 bridgehead atoms. The fourth-order valence-corrected chi connectivity index (χ4v) is 7.13. The number of amides is 1. The van der Waals surface area contributed by atoms with Crippen LogP contribution in [0.2, 0.25) is 0 Å². The number of hydrogen-bond acceptors (Lipinski definition) is 6. The van der Waals surface area contributed by atoms with Crippen LogP contribution in [0.25, 0.3) is 11.0 Å². The van der Waals surface area contributed by atoms with Crippen LogP contribution in [-0.2, 0) is 30.5 Å². The smallest absolute Gasteiger partial charge is 0.416 e. The van der Waals surface area contributed by atoms with E-state index in [-0.39, 0.29) is 30.4 Å². The molecule has 1 N–H and O–H groups in total. The maximum absolute atomic E-state index is 14.2. The number of halogens is 3. The number of rotatable bonds is 6. The normalized spacial score (nSPS) is 22.1. The number of piperazine rings is 1. The molecule has 3 aliphatic rings. The molecule has 0 aliphatic carbocycles. The van der Waals surface area contributed by atoms with Gasteiger partial charge in [-0.2, -0.15) is 13.2 Å². The van der Waals surface area contributed by atoms with Crippen molar-refractivity contribution < 1.29 is 22.7 Å². The van der Waals surface area contributed by atoms with Gasteiger partial charge in [0.2, 0.25) is 5.91 Å². The van der Waals surface area contributed by atoms with Crippen molar-refractivity contribution in [3.8, 4) is 11.5 Å². The average molecular weight is 605 g/mol. The van der Waals surface area contributed by atoms with E-state index >= 15 is 0 Å². The summed E-state index contributed by atoms with van der Waals surface area (Å²) in [4.78, 5) is 31.8. The summed E-state index contributed by atoms with van der Waals surface area (Å²) < 4.78 is 48.8. The Hall–Kier alpha value is -3.96. The quantitative estimate of drug-likeness (QED) is 0.307. The Labute approximate surface area is 253 Å². The number of aryl methyl sites for hydroxylation is 1. The van der Waals surface area contributed by atoms with Gasteiger partial charge in [0.25, 0.3) is 0 Å². The predicted octanol–water partition coefficient (Wildman–Crippen LogP) is 5.65. The third-order valence-corrected chi connectivity index (χ3v) is 9.34. The summed E-state index contributed by atoms with van der Waals surface area (Å²) >= 11 is 0. The number of benzene rings is 1. The molecule has 44 heavy (non-hydrogen) atoms. The Balaban J connectivity index is 1.07. The van der Waals surface area contributed by atoms with Crippen LogP contribution in [0, 0.1) is 6.92 Å². The van der Waals surface area contributed by atoms with E-state index in [0.29, 0.717) is 42.2 Å². The number of hydrogen-bond donors (Lipinski definition) is 1. The van der Waals surface area contributed by atoms with Gasteiger partial charge in [0.15, 0.2) is 0 Å². The second-order valence-corrected chi connectivity index (χ2v) is 12.6. The minimum atomic E-state index is -4.50. The average Bonchev–Trinajstić information content (AvgIpc) is 3.66. The van der Waals surface area contributed by atoms with Crippen LogP contribution in [0.5, 0.6) is 11.5 Å². The number of likely N-dealkylation sites (N-methyl/N-ethyl adjacent to an activating group) is 1. The monoisotopic (exact) mass is 604 g/mol. The maximum atomic E-state index is 14.2. The van der Waals surface area contributed by atoms with Gasteiger partial charge in [0.1, 0.15) is 17.1 Å². The first-order valence-electron chi connectivity index (χ1n) is 15.0. The molecule has 3 atom stereocenters. The molecule has 230 valence electrons. The van der Waals surface area contributed by atoms with E-state index < -0.39 is 11.7 Å². The zero-order valence-corrected chi connectivity index (χ0v) is 25.0. The molecule has 2 saturated heterocycles. The first-order chi connectivity index (χ1) is 21.0. The van der Waals surface area contributed by atoms with Gasteiger partial charge in [-0.25, -0.2) is 4.98 Å². The van der Waals surface area contributed by atoms with Crippen LogP contribution in [0.1, 0.15) is 52.9 Å². The zero-order chi connectivity index (χ0) is 30.7. The second-order valence-electron chi connectivity index (χ2n) is 12.6. The molecule has 2 fully saturated rings. The molecule has 7 rings (SSSR count). The first-order valence-corrected chi connectivity index (χ1v) is 15.0. The number of H-pyrrole nitrogens is 1. The van der Waals surface area contributed by atoms with E-state index in [4.69, 9.17) is 4.74 Å². The van der Waals surface area contributed by atoms with Crippen LogP contribution in [0.15, 0.2) is 48.8 Å². The molecule has 0 unspecified atom stereocenters. The van der Waals surface area contributed by atoms with Crippen molar-refractivity contribution in [3.05, 3.63) is 82.4 Å². The van der Waals surface area contributed by atoms with Crippen LogP contribution in [0.4, 0.5) is 13.2 Å². The molecule has 0 radical (unpaired) electrons. The topological polar surface area (TPSA) is 77.6 Å². The lowest BCUT2D eigenvalue weighted by molar-refractivity contribution is -0.139. The Bertz CT molecular complexity index is 1730. The van der Waals surface area contributed by atoms with Crippen molar-refractivity contribution >= 4 is 16.9 Å². The third kappa shape index (κ3) is 5.43. The number of nitrogens with zero attached hydrogens (tertiary/aromatic N) is 5. The van der Waals surface area contributed by atoms with Gasteiger partial charge in [-0.3, -0.25) is 14.7 Å². The van der Waals surface area contributed by atoms with Gasteiger partial charge < -0.3 is 19.5 Å². The van der Waals surface area contributed by atoms with E-state index in [9.17, 15) is 18.0 Å². The highest BCUT2D eigenvalue weighted by molar-refractivity contribution is 5.83. The Morgan fingerprint density at radius 1 is 1.09 bits per heavy atom. The van der Waals surface area contributed by atoms with Crippen molar-refractivity contribution in [3.63, 3.8) is 0 Å². The van der Waals surface area contributed by atoms with Gasteiger partial charge in [-0.1, -0.05) is 19.1 Å². The number of carbonyl (C=O) groups is 1. The molecule has 4 aromatic rings. The van der Waals surface area contributed by atoms with Crippen molar-refractivity contribution in [2.24, 2.45) is 0 Å². The number of likely N-dealkylation sites (tertiary alicyclic amines) is 2. The largest absolute Gasteiger partial charge is 0.455 e. The number of ether oxygens (including phenoxy) is 1. The minimum Gasteiger partial charge on any atom is -0.455 e. The molecule has 11 heteroatoms. The van der Waals surface area contributed by atoms with Gasteiger partial charge in [-0.15, -0.1) is 0 Å². The summed E-state index contributed by atoms with van der Waals surface area (Å²) in [6, 6.07) is 10.8.